The van der Waals surface area contributed by atoms with E-state index >= 15 is 0 Å². The van der Waals surface area contributed by atoms with E-state index < -0.39 is 6.10 Å². The van der Waals surface area contributed by atoms with Crippen LogP contribution in [0.15, 0.2) is 21.9 Å². The van der Waals surface area contributed by atoms with E-state index in [9.17, 15) is 5.11 Å². The summed E-state index contributed by atoms with van der Waals surface area (Å²) in [6.07, 6.45) is 2.32. The number of nitrogens with two attached hydrogens (primary N) is 1. The SMILES string of the molecule is CN/N=C(\C(=N)I)C(O)C(=CN)C(Br)=NC1CC1. The molecule has 0 aromatic heterocycles. The Kier molecular flexibility index (Phi) is 6.22. The van der Waals surface area contributed by atoms with Gasteiger partial charge in [0.2, 0.25) is 0 Å². The van der Waals surface area contributed by atoms with Gasteiger partial charge in [0.15, 0.2) is 0 Å². The molecule has 6 nitrogen and oxygen atoms in total. The molecule has 0 aromatic rings. The Bertz CT molecular complexity index is 416. The van der Waals surface area contributed by atoms with Crippen molar-refractivity contribution in [3.8, 4) is 0 Å². The molecule has 5 N–H and O–H groups in total. The highest BCUT2D eigenvalue weighted by atomic mass is 127. The third kappa shape index (κ3) is 4.32. The lowest BCUT2D eigenvalue weighted by Crippen LogP contribution is -2.31. The Morgan fingerprint density at radius 2 is 2.28 bits per heavy atom. The molecule has 0 aromatic carbocycles. The molecule has 0 radical (unpaired) electrons. The minimum absolute atomic E-state index is 0.139. The van der Waals surface area contributed by atoms with Crippen molar-refractivity contribution in [2.24, 2.45) is 15.8 Å². The summed E-state index contributed by atoms with van der Waals surface area (Å²) < 4.78 is 0.655. The second-order valence-corrected chi connectivity index (χ2v) is 5.54. The van der Waals surface area contributed by atoms with Crippen LogP contribution >= 0.6 is 38.5 Å². The minimum atomic E-state index is -1.08. The molecular formula is C10H15BrIN5O. The lowest BCUT2D eigenvalue weighted by molar-refractivity contribution is 0.284. The summed E-state index contributed by atoms with van der Waals surface area (Å²) >= 11 is 5.09. The van der Waals surface area contributed by atoms with Crippen LogP contribution in [0.2, 0.25) is 0 Å². The summed E-state index contributed by atoms with van der Waals surface area (Å²) in [4.78, 5) is 4.36. The maximum atomic E-state index is 10.2. The first-order valence-corrected chi connectivity index (χ1v) is 7.20. The van der Waals surface area contributed by atoms with Gasteiger partial charge in [0.25, 0.3) is 0 Å². The molecule has 1 aliphatic carbocycles. The Hall–Kier alpha value is -0.480. The van der Waals surface area contributed by atoms with Crippen LogP contribution in [0.5, 0.6) is 0 Å². The van der Waals surface area contributed by atoms with Crippen LogP contribution in [0, 0.1) is 5.41 Å². The van der Waals surface area contributed by atoms with E-state index in [-0.39, 0.29) is 9.43 Å². The van der Waals surface area contributed by atoms with Crippen LogP contribution in [-0.4, -0.2) is 38.4 Å². The normalized spacial score (nSPS) is 19.7. The first kappa shape index (κ1) is 15.6. The zero-order valence-corrected chi connectivity index (χ0v) is 13.6. The zero-order chi connectivity index (χ0) is 13.7. The fourth-order valence-electron chi connectivity index (χ4n) is 1.21. The van der Waals surface area contributed by atoms with Gasteiger partial charge in [-0.1, -0.05) is 0 Å². The van der Waals surface area contributed by atoms with Gasteiger partial charge in [-0.05, 0) is 51.4 Å². The fourth-order valence-corrected chi connectivity index (χ4v) is 2.26. The number of rotatable bonds is 6. The average molecular weight is 428 g/mol. The topological polar surface area (TPSA) is 107 Å². The van der Waals surface area contributed by atoms with Gasteiger partial charge in [-0.15, -0.1) is 0 Å². The molecule has 1 fully saturated rings. The largest absolute Gasteiger partial charge is 0.404 e. The molecule has 0 saturated heterocycles. The molecule has 18 heavy (non-hydrogen) atoms. The second kappa shape index (κ2) is 7.19. The lowest BCUT2D eigenvalue weighted by atomic mass is 10.1. The molecule has 0 bridgehead atoms. The predicted octanol–water partition coefficient (Wildman–Crippen LogP) is 1.13. The highest BCUT2D eigenvalue weighted by Crippen LogP contribution is 2.26. The van der Waals surface area contributed by atoms with Crippen LogP contribution in [0.25, 0.3) is 0 Å². The van der Waals surface area contributed by atoms with E-state index in [1.54, 1.807) is 29.6 Å². The molecular weight excluding hydrogens is 413 g/mol. The zero-order valence-electron chi connectivity index (χ0n) is 9.82. The van der Waals surface area contributed by atoms with Crippen molar-refractivity contribution in [1.29, 1.82) is 5.41 Å². The van der Waals surface area contributed by atoms with Gasteiger partial charge in [-0.3, -0.25) is 10.4 Å². The third-order valence-electron chi connectivity index (χ3n) is 2.27. The summed E-state index contributed by atoms with van der Waals surface area (Å²) in [6, 6.07) is 0.310. The Morgan fingerprint density at radius 1 is 1.67 bits per heavy atom. The molecule has 0 aliphatic heterocycles. The van der Waals surface area contributed by atoms with E-state index in [0.717, 1.165) is 12.8 Å². The van der Waals surface area contributed by atoms with Gasteiger partial charge in [0.05, 0.1) is 6.04 Å². The number of nitrogens with zero attached hydrogens (tertiary/aromatic N) is 2. The summed E-state index contributed by atoms with van der Waals surface area (Å²) in [5, 5.41) is 21.7. The van der Waals surface area contributed by atoms with Crippen LogP contribution in [-0.2, 0) is 0 Å². The molecule has 1 rings (SSSR count). The standard InChI is InChI=1S/C10H15BrIN5O/c1-15-17-7(10(12)14)8(18)6(4-13)9(11)16-5-2-3-5/h4-5,8,14-15,18H,2-3,13H2,1H3/b6-4?,14-10?,16-9?,17-7-. The molecule has 0 heterocycles. The predicted molar refractivity (Wildman–Crippen MR) is 85.9 cm³/mol. The summed E-state index contributed by atoms with van der Waals surface area (Å²) in [5.74, 6) is 0. The quantitative estimate of drug-likeness (QED) is 0.290. The first-order chi connectivity index (χ1) is 8.51. The molecule has 0 spiro atoms. The fraction of sp³-hybridized carbons (Fsp3) is 0.500. The lowest BCUT2D eigenvalue weighted by Gasteiger charge is -2.14. The van der Waals surface area contributed by atoms with Gasteiger partial charge in [0, 0.05) is 18.8 Å². The number of halogens is 2. The molecule has 8 heteroatoms. The van der Waals surface area contributed by atoms with Crippen molar-refractivity contribution in [3.05, 3.63) is 11.8 Å². The van der Waals surface area contributed by atoms with Crippen molar-refractivity contribution in [2.75, 3.05) is 7.05 Å². The summed E-state index contributed by atoms with van der Waals surface area (Å²) in [5.41, 5.74) is 8.70. The van der Waals surface area contributed by atoms with Crippen molar-refractivity contribution >= 4 is 52.6 Å². The Morgan fingerprint density at radius 3 is 2.67 bits per heavy atom. The van der Waals surface area contributed by atoms with Gasteiger partial charge >= 0.3 is 0 Å². The number of hydrazone groups is 1. The van der Waals surface area contributed by atoms with Crippen molar-refractivity contribution in [1.82, 2.24) is 5.43 Å². The highest BCUT2D eigenvalue weighted by molar-refractivity contribution is 14.1. The molecule has 1 atom stereocenters. The highest BCUT2D eigenvalue weighted by Gasteiger charge is 2.26. The smallest absolute Gasteiger partial charge is 0.129 e. The van der Waals surface area contributed by atoms with E-state index in [2.05, 4.69) is 31.4 Å². The van der Waals surface area contributed by atoms with Crippen LogP contribution in [0.1, 0.15) is 12.8 Å². The molecule has 1 unspecified atom stereocenters. The monoisotopic (exact) mass is 427 g/mol. The average Bonchev–Trinajstić information content (AvgIpc) is 3.09. The summed E-state index contributed by atoms with van der Waals surface area (Å²) in [7, 11) is 1.60. The van der Waals surface area contributed by atoms with E-state index in [1.165, 1.54) is 6.20 Å². The Balaban J connectivity index is 2.93. The number of hydrogen-bond donors (Lipinski definition) is 4. The van der Waals surface area contributed by atoms with Gasteiger partial charge in [-0.2, -0.15) is 5.10 Å². The van der Waals surface area contributed by atoms with Crippen molar-refractivity contribution in [2.45, 2.75) is 25.0 Å². The van der Waals surface area contributed by atoms with E-state index in [1.807, 2.05) is 0 Å². The molecule has 0 amide bonds. The number of hydrogen-bond acceptors (Lipinski definition) is 6. The van der Waals surface area contributed by atoms with Gasteiger partial charge < -0.3 is 16.3 Å². The third-order valence-corrected chi connectivity index (χ3v) is 3.49. The maximum Gasteiger partial charge on any atom is 0.129 e. The maximum absolute atomic E-state index is 10.2. The Labute approximate surface area is 128 Å². The molecule has 100 valence electrons. The van der Waals surface area contributed by atoms with Crippen molar-refractivity contribution in [3.63, 3.8) is 0 Å². The van der Waals surface area contributed by atoms with Gasteiger partial charge in [0.1, 0.15) is 20.2 Å². The second-order valence-electron chi connectivity index (χ2n) is 3.71. The number of aliphatic imine (C=N–C) groups is 1. The first-order valence-electron chi connectivity index (χ1n) is 5.33. The van der Waals surface area contributed by atoms with Crippen LogP contribution in [0.3, 0.4) is 0 Å². The van der Waals surface area contributed by atoms with Gasteiger partial charge in [-0.25, -0.2) is 0 Å². The number of nitrogens with one attached hydrogen (secondary N) is 2. The molecule has 1 aliphatic rings. The van der Waals surface area contributed by atoms with Crippen LogP contribution in [0.4, 0.5) is 0 Å². The molecule has 1 saturated carbocycles. The van der Waals surface area contributed by atoms with E-state index in [0.29, 0.717) is 16.2 Å². The van der Waals surface area contributed by atoms with Crippen LogP contribution < -0.4 is 11.2 Å². The number of aliphatic hydroxyl groups excluding tert-OH is 1. The number of aliphatic hydroxyl groups is 1. The van der Waals surface area contributed by atoms with E-state index in [4.69, 9.17) is 11.1 Å². The summed E-state index contributed by atoms with van der Waals surface area (Å²) in [6.45, 7) is 0. The minimum Gasteiger partial charge on any atom is -0.404 e. The van der Waals surface area contributed by atoms with Crippen molar-refractivity contribution < 1.29 is 5.11 Å².